The Balaban J connectivity index is 1.63. The molecule has 130 valence electrons. The Labute approximate surface area is 148 Å². The van der Waals surface area contributed by atoms with Crippen LogP contribution in [0.1, 0.15) is 42.1 Å². The van der Waals surface area contributed by atoms with E-state index in [1.54, 1.807) is 6.33 Å². The lowest BCUT2D eigenvalue weighted by Crippen LogP contribution is -2.46. The van der Waals surface area contributed by atoms with Gasteiger partial charge in [0, 0.05) is 32.4 Å². The number of hydrogen-bond donors (Lipinski definition) is 0. The third kappa shape index (κ3) is 3.42. The van der Waals surface area contributed by atoms with Gasteiger partial charge < -0.3 is 4.90 Å². The zero-order valence-electron chi connectivity index (χ0n) is 14.5. The van der Waals surface area contributed by atoms with E-state index in [1.807, 2.05) is 24.4 Å². The summed E-state index contributed by atoms with van der Waals surface area (Å²) in [6.07, 6.45) is 7.86. The van der Waals surface area contributed by atoms with E-state index >= 15 is 0 Å². The van der Waals surface area contributed by atoms with Crippen molar-refractivity contribution in [3.05, 3.63) is 59.7 Å². The molecule has 5 nitrogen and oxygen atoms in total. The van der Waals surface area contributed by atoms with E-state index in [1.165, 1.54) is 12.0 Å². The second-order valence-electron chi connectivity index (χ2n) is 6.91. The molecule has 1 amide bonds. The maximum absolute atomic E-state index is 13.4. The first-order chi connectivity index (χ1) is 12.3. The molecular weight excluding hydrogens is 312 g/mol. The number of amides is 1. The van der Waals surface area contributed by atoms with E-state index in [9.17, 15) is 4.79 Å². The van der Waals surface area contributed by atoms with Gasteiger partial charge in [-0.15, -0.1) is 0 Å². The molecule has 5 heteroatoms. The molecule has 0 radical (unpaired) electrons. The number of nitrogens with zero attached hydrogens (tertiary/aromatic N) is 4. The topological polar surface area (TPSA) is 49.3 Å². The van der Waals surface area contributed by atoms with Crippen LogP contribution in [0, 0.1) is 0 Å². The minimum Gasteiger partial charge on any atom is -0.341 e. The molecule has 0 N–H and O–H groups in total. The fraction of sp³-hybridized carbons (Fsp3) is 0.450. The van der Waals surface area contributed by atoms with Crippen LogP contribution in [0.4, 0.5) is 0 Å². The highest BCUT2D eigenvalue weighted by molar-refractivity contribution is 5.83. The first-order valence-corrected chi connectivity index (χ1v) is 9.18. The van der Waals surface area contributed by atoms with Crippen LogP contribution >= 0.6 is 0 Å². The van der Waals surface area contributed by atoms with Crippen molar-refractivity contribution in [3.63, 3.8) is 0 Å². The summed E-state index contributed by atoms with van der Waals surface area (Å²) in [7, 11) is 0. The molecule has 1 saturated heterocycles. The second-order valence-corrected chi connectivity index (χ2v) is 6.91. The van der Waals surface area contributed by atoms with Crippen LogP contribution in [0.3, 0.4) is 0 Å². The molecule has 0 bridgehead atoms. The van der Waals surface area contributed by atoms with Crippen LogP contribution in [-0.2, 0) is 17.8 Å². The van der Waals surface area contributed by atoms with Gasteiger partial charge in [0.1, 0.15) is 12.4 Å². The van der Waals surface area contributed by atoms with E-state index in [-0.39, 0.29) is 11.9 Å². The average molecular weight is 336 g/mol. The van der Waals surface area contributed by atoms with Crippen molar-refractivity contribution in [1.29, 1.82) is 0 Å². The molecule has 1 fully saturated rings. The standard InChI is InChI=1S/C20H24N4O/c25-20(23-10-5-2-6-11-23)19(16-7-3-1-4-8-16)24-12-9-17-13-21-15-22-18(17)14-24/h1,3-4,7-8,13,15,19H,2,5-6,9-12,14H2/t19-/m1/s1. The van der Waals surface area contributed by atoms with Crippen molar-refractivity contribution in [1.82, 2.24) is 19.8 Å². The van der Waals surface area contributed by atoms with Crippen LogP contribution in [0.25, 0.3) is 0 Å². The number of carbonyl (C=O) groups excluding carboxylic acids is 1. The quantitative estimate of drug-likeness (QED) is 0.864. The predicted molar refractivity (Wildman–Crippen MR) is 95.8 cm³/mol. The van der Waals surface area contributed by atoms with Gasteiger partial charge in [-0.1, -0.05) is 30.3 Å². The van der Waals surface area contributed by atoms with Crippen LogP contribution in [0.2, 0.25) is 0 Å². The molecule has 0 unspecified atom stereocenters. The summed E-state index contributed by atoms with van der Waals surface area (Å²) in [6, 6.07) is 9.97. The predicted octanol–water partition coefficient (Wildman–Crippen LogP) is 2.59. The monoisotopic (exact) mass is 336 g/mol. The molecule has 1 aromatic carbocycles. The first-order valence-electron chi connectivity index (χ1n) is 9.18. The Morgan fingerprint density at radius 2 is 1.84 bits per heavy atom. The number of piperidine rings is 1. The highest BCUT2D eigenvalue weighted by Crippen LogP contribution is 2.29. The molecule has 0 saturated carbocycles. The molecule has 25 heavy (non-hydrogen) atoms. The number of aromatic nitrogens is 2. The Morgan fingerprint density at radius 1 is 1.04 bits per heavy atom. The third-order valence-corrected chi connectivity index (χ3v) is 5.28. The Morgan fingerprint density at radius 3 is 2.64 bits per heavy atom. The number of benzene rings is 1. The zero-order chi connectivity index (χ0) is 17.1. The molecule has 0 spiro atoms. The van der Waals surface area contributed by atoms with Crippen LogP contribution in [-0.4, -0.2) is 45.3 Å². The molecule has 2 aliphatic heterocycles. The summed E-state index contributed by atoms with van der Waals surface area (Å²) in [5.41, 5.74) is 3.33. The van der Waals surface area contributed by atoms with Gasteiger partial charge in [0.25, 0.3) is 0 Å². The van der Waals surface area contributed by atoms with Gasteiger partial charge in [0.05, 0.1) is 5.69 Å². The number of rotatable bonds is 3. The van der Waals surface area contributed by atoms with Gasteiger partial charge in [-0.3, -0.25) is 9.69 Å². The van der Waals surface area contributed by atoms with Gasteiger partial charge in [0.15, 0.2) is 0 Å². The van der Waals surface area contributed by atoms with Crippen LogP contribution < -0.4 is 0 Å². The molecule has 2 aliphatic rings. The summed E-state index contributed by atoms with van der Waals surface area (Å²) in [5.74, 6) is 0.239. The summed E-state index contributed by atoms with van der Waals surface area (Å²) >= 11 is 0. The van der Waals surface area contributed by atoms with E-state index in [0.717, 1.165) is 50.2 Å². The first kappa shape index (κ1) is 16.2. The molecule has 4 rings (SSSR count). The van der Waals surface area contributed by atoms with Crippen molar-refractivity contribution in [2.24, 2.45) is 0 Å². The number of hydrogen-bond acceptors (Lipinski definition) is 4. The minimum absolute atomic E-state index is 0.220. The third-order valence-electron chi connectivity index (χ3n) is 5.28. The lowest BCUT2D eigenvalue weighted by molar-refractivity contribution is -0.138. The molecule has 1 atom stereocenters. The number of fused-ring (bicyclic) bond motifs is 1. The van der Waals surface area contributed by atoms with Crippen molar-refractivity contribution in [2.45, 2.75) is 38.3 Å². The number of likely N-dealkylation sites (tertiary alicyclic amines) is 1. The summed E-state index contributed by atoms with van der Waals surface area (Å²) in [6.45, 7) is 3.33. The van der Waals surface area contributed by atoms with Crippen LogP contribution in [0.5, 0.6) is 0 Å². The highest BCUT2D eigenvalue weighted by Gasteiger charge is 2.34. The molecule has 1 aromatic heterocycles. The van der Waals surface area contributed by atoms with Gasteiger partial charge in [0.2, 0.25) is 5.91 Å². The highest BCUT2D eigenvalue weighted by atomic mass is 16.2. The van der Waals surface area contributed by atoms with E-state index in [0.29, 0.717) is 6.54 Å². The maximum atomic E-state index is 13.4. The zero-order valence-corrected chi connectivity index (χ0v) is 14.5. The molecule has 0 aliphatic carbocycles. The Kier molecular flexibility index (Phi) is 4.74. The normalized spacial score (nSPS) is 19.3. The Bertz CT molecular complexity index is 727. The lowest BCUT2D eigenvalue weighted by Gasteiger charge is -2.38. The van der Waals surface area contributed by atoms with Gasteiger partial charge >= 0.3 is 0 Å². The van der Waals surface area contributed by atoms with Crippen molar-refractivity contribution >= 4 is 5.91 Å². The second kappa shape index (κ2) is 7.31. The van der Waals surface area contributed by atoms with Gasteiger partial charge in [-0.05, 0) is 36.8 Å². The van der Waals surface area contributed by atoms with Crippen molar-refractivity contribution in [3.8, 4) is 0 Å². The largest absolute Gasteiger partial charge is 0.341 e. The van der Waals surface area contributed by atoms with Crippen LogP contribution in [0.15, 0.2) is 42.9 Å². The van der Waals surface area contributed by atoms with Gasteiger partial charge in [-0.25, -0.2) is 9.97 Å². The smallest absolute Gasteiger partial charge is 0.244 e. The van der Waals surface area contributed by atoms with E-state index in [4.69, 9.17) is 0 Å². The van der Waals surface area contributed by atoms with Crippen molar-refractivity contribution in [2.75, 3.05) is 19.6 Å². The maximum Gasteiger partial charge on any atom is 0.244 e. The molecule has 3 heterocycles. The molecular formula is C20H24N4O. The number of carbonyl (C=O) groups is 1. The van der Waals surface area contributed by atoms with Crippen molar-refractivity contribution < 1.29 is 4.79 Å². The lowest BCUT2D eigenvalue weighted by atomic mass is 9.98. The van der Waals surface area contributed by atoms with E-state index < -0.39 is 0 Å². The summed E-state index contributed by atoms with van der Waals surface area (Å²) in [4.78, 5) is 26.3. The van der Waals surface area contributed by atoms with Gasteiger partial charge in [-0.2, -0.15) is 0 Å². The Hall–Kier alpha value is -2.27. The minimum atomic E-state index is -0.220. The average Bonchev–Trinajstić information content (AvgIpc) is 2.69. The molecule has 2 aromatic rings. The summed E-state index contributed by atoms with van der Waals surface area (Å²) in [5, 5.41) is 0. The fourth-order valence-electron chi connectivity index (χ4n) is 3.92. The van der Waals surface area contributed by atoms with E-state index in [2.05, 4.69) is 31.9 Å². The summed E-state index contributed by atoms with van der Waals surface area (Å²) < 4.78 is 0. The SMILES string of the molecule is O=C([C@@H](c1ccccc1)N1CCc2cncnc2C1)N1CCCCC1. The fourth-order valence-corrected chi connectivity index (χ4v) is 3.92.